The van der Waals surface area contributed by atoms with Gasteiger partial charge in [-0.2, -0.15) is 0 Å². The van der Waals surface area contributed by atoms with Crippen molar-refractivity contribution < 1.29 is 4.68 Å². The molecule has 0 aliphatic heterocycles. The fourth-order valence-electron chi connectivity index (χ4n) is 1.10. The van der Waals surface area contributed by atoms with Crippen molar-refractivity contribution in [1.82, 2.24) is 0 Å². The van der Waals surface area contributed by atoms with E-state index in [-0.39, 0.29) is 0 Å². The lowest BCUT2D eigenvalue weighted by Gasteiger charge is -2.12. The first-order valence-corrected chi connectivity index (χ1v) is 4.66. The lowest BCUT2D eigenvalue weighted by atomic mass is 10.3. The summed E-state index contributed by atoms with van der Waals surface area (Å²) in [5.74, 6) is 0. The summed E-state index contributed by atoms with van der Waals surface area (Å²) >= 11 is 5.77. The van der Waals surface area contributed by atoms with E-state index >= 15 is 0 Å². The third-order valence-corrected chi connectivity index (χ3v) is 2.01. The molecule has 70 valence electrons. The third kappa shape index (κ3) is 2.24. The molecule has 1 heterocycles. The molecule has 0 fully saturated rings. The van der Waals surface area contributed by atoms with Gasteiger partial charge in [-0.05, 0) is 12.1 Å². The van der Waals surface area contributed by atoms with Crippen LogP contribution in [0.2, 0.25) is 5.02 Å². The van der Waals surface area contributed by atoms with Crippen molar-refractivity contribution in [2.75, 3.05) is 0 Å². The largest absolute Gasteiger partial charge is 0.405 e. The van der Waals surface area contributed by atoms with E-state index < -0.39 is 0 Å². The number of hydrogen-bond donors (Lipinski definition) is 0. The van der Waals surface area contributed by atoms with Crippen LogP contribution < -0.4 is 4.68 Å². The minimum Gasteiger partial charge on any atom is -0.405 e. The van der Waals surface area contributed by atoms with Crippen LogP contribution in [-0.4, -0.2) is 0 Å². The van der Waals surface area contributed by atoms with E-state index in [1.54, 1.807) is 4.68 Å². The Bertz CT molecular complexity index is 397. The van der Waals surface area contributed by atoms with Gasteiger partial charge in [0.25, 0.3) is 0 Å². The molecule has 0 atom stereocenters. The molecule has 0 aliphatic carbocycles. The number of halogens is 1. The van der Waals surface area contributed by atoms with Crippen molar-refractivity contribution in [3.63, 3.8) is 0 Å². The van der Waals surface area contributed by atoms with E-state index in [0.717, 1.165) is 10.7 Å². The van der Waals surface area contributed by atoms with E-state index in [1.165, 1.54) is 0 Å². The Morgan fingerprint density at radius 2 is 1.57 bits per heavy atom. The lowest BCUT2D eigenvalue weighted by molar-refractivity contribution is -0.619. The van der Waals surface area contributed by atoms with Crippen LogP contribution in [0.15, 0.2) is 54.9 Å². The van der Waals surface area contributed by atoms with Gasteiger partial charge in [-0.1, -0.05) is 35.5 Å². The Morgan fingerprint density at radius 1 is 0.929 bits per heavy atom. The van der Waals surface area contributed by atoms with Gasteiger partial charge in [-0.3, -0.25) is 0 Å². The van der Waals surface area contributed by atoms with Crippen molar-refractivity contribution in [3.05, 3.63) is 65.3 Å². The Balaban J connectivity index is 2.16. The zero-order valence-electron chi connectivity index (χ0n) is 7.47. The highest BCUT2D eigenvalue weighted by Gasteiger charge is 1.88. The van der Waals surface area contributed by atoms with Gasteiger partial charge in [0.1, 0.15) is 0 Å². The molecule has 2 aromatic rings. The molecule has 0 spiro atoms. The molecule has 0 saturated heterocycles. The molecule has 0 unspecified atom stereocenters. The molecule has 2 nitrogen and oxygen atoms in total. The molecule has 0 N–H and O–H groups in total. The van der Waals surface area contributed by atoms with Gasteiger partial charge < -0.3 is 5.43 Å². The highest BCUT2D eigenvalue weighted by atomic mass is 35.5. The maximum absolute atomic E-state index is 5.77. The monoisotopic (exact) mass is 204 g/mol. The standard InChI is InChI=1S/C11H9ClN2/c12-10-4-6-11(7-5-10)13-14-8-2-1-3-9-14/h1-9H. The molecule has 0 radical (unpaired) electrons. The van der Waals surface area contributed by atoms with Gasteiger partial charge in [0.2, 0.25) is 0 Å². The Hall–Kier alpha value is -1.54. The van der Waals surface area contributed by atoms with Crippen molar-refractivity contribution in [2.45, 2.75) is 0 Å². The summed E-state index contributed by atoms with van der Waals surface area (Å²) in [6.07, 6.45) is 3.77. The van der Waals surface area contributed by atoms with Crippen molar-refractivity contribution >= 4 is 17.3 Å². The third-order valence-electron chi connectivity index (χ3n) is 1.76. The van der Waals surface area contributed by atoms with Crippen LogP contribution in [0.25, 0.3) is 5.43 Å². The summed E-state index contributed by atoms with van der Waals surface area (Å²) in [6.45, 7) is 0. The van der Waals surface area contributed by atoms with Crippen LogP contribution in [0.3, 0.4) is 0 Å². The van der Waals surface area contributed by atoms with Crippen molar-refractivity contribution in [1.29, 1.82) is 0 Å². The highest BCUT2D eigenvalue weighted by molar-refractivity contribution is 6.30. The summed E-state index contributed by atoms with van der Waals surface area (Å²) in [5.41, 5.74) is 5.22. The smallest absolute Gasteiger partial charge is 0.164 e. The number of pyridine rings is 1. The van der Waals surface area contributed by atoms with Crippen LogP contribution >= 0.6 is 11.6 Å². The average Bonchev–Trinajstić information content (AvgIpc) is 2.23. The summed E-state index contributed by atoms with van der Waals surface area (Å²) in [5, 5.41) is 0.724. The number of benzene rings is 1. The zero-order valence-corrected chi connectivity index (χ0v) is 8.22. The SMILES string of the molecule is Clc1ccc([N-][n+]2ccccc2)cc1. The number of nitrogens with zero attached hydrogens (tertiary/aromatic N) is 2. The fourth-order valence-corrected chi connectivity index (χ4v) is 1.22. The fraction of sp³-hybridized carbons (Fsp3) is 0. The van der Waals surface area contributed by atoms with E-state index in [0.29, 0.717) is 0 Å². The Labute approximate surface area is 87.7 Å². The predicted octanol–water partition coefficient (Wildman–Crippen LogP) is 3.10. The summed E-state index contributed by atoms with van der Waals surface area (Å²) in [6, 6.07) is 13.2. The summed E-state index contributed by atoms with van der Waals surface area (Å²) in [7, 11) is 0. The predicted molar refractivity (Wildman–Crippen MR) is 56.5 cm³/mol. The minimum atomic E-state index is 0.724. The van der Waals surface area contributed by atoms with Crippen LogP contribution in [0.1, 0.15) is 0 Å². The van der Waals surface area contributed by atoms with Crippen LogP contribution in [0, 0.1) is 0 Å². The second kappa shape index (κ2) is 4.11. The molecule has 14 heavy (non-hydrogen) atoms. The van der Waals surface area contributed by atoms with Crippen LogP contribution in [-0.2, 0) is 0 Å². The summed E-state index contributed by atoms with van der Waals surface area (Å²) < 4.78 is 1.75. The first kappa shape index (κ1) is 9.03. The van der Waals surface area contributed by atoms with Gasteiger partial charge in [-0.15, -0.1) is 0 Å². The maximum atomic E-state index is 5.77. The topological polar surface area (TPSA) is 18.0 Å². The molecule has 1 aromatic heterocycles. The Morgan fingerprint density at radius 3 is 2.21 bits per heavy atom. The van der Waals surface area contributed by atoms with E-state index in [9.17, 15) is 0 Å². The molecule has 1 aromatic carbocycles. The van der Waals surface area contributed by atoms with Gasteiger partial charge in [0.05, 0.1) is 0 Å². The van der Waals surface area contributed by atoms with Crippen LogP contribution in [0.4, 0.5) is 5.69 Å². The Kier molecular flexibility index (Phi) is 2.65. The molecular formula is C11H9ClN2. The second-order valence-corrected chi connectivity index (χ2v) is 3.27. The van der Waals surface area contributed by atoms with Crippen LogP contribution in [0.5, 0.6) is 0 Å². The molecule has 2 rings (SSSR count). The van der Waals surface area contributed by atoms with Crippen molar-refractivity contribution in [2.24, 2.45) is 0 Å². The zero-order chi connectivity index (χ0) is 9.80. The first-order valence-electron chi connectivity index (χ1n) is 4.28. The molecule has 0 amide bonds. The van der Waals surface area contributed by atoms with Gasteiger partial charge in [-0.25, -0.2) is 4.68 Å². The van der Waals surface area contributed by atoms with Gasteiger partial charge in [0.15, 0.2) is 12.4 Å². The quantitative estimate of drug-likeness (QED) is 0.670. The minimum absolute atomic E-state index is 0.724. The van der Waals surface area contributed by atoms with E-state index in [4.69, 9.17) is 11.6 Å². The van der Waals surface area contributed by atoms with E-state index in [2.05, 4.69) is 5.43 Å². The molecular weight excluding hydrogens is 196 g/mol. The average molecular weight is 205 g/mol. The molecule has 0 aliphatic rings. The maximum Gasteiger partial charge on any atom is 0.164 e. The number of aromatic nitrogens is 1. The number of rotatable bonds is 2. The van der Waals surface area contributed by atoms with Gasteiger partial charge in [0, 0.05) is 17.2 Å². The highest BCUT2D eigenvalue weighted by Crippen LogP contribution is 2.18. The van der Waals surface area contributed by atoms with E-state index in [1.807, 2.05) is 54.9 Å². The first-order chi connectivity index (χ1) is 6.84. The summed E-state index contributed by atoms with van der Waals surface area (Å²) in [4.78, 5) is 0. The normalized spacial score (nSPS) is 9.79. The molecule has 0 saturated carbocycles. The number of hydrogen-bond acceptors (Lipinski definition) is 0. The molecule has 0 bridgehead atoms. The molecule has 3 heteroatoms. The van der Waals surface area contributed by atoms with Gasteiger partial charge >= 0.3 is 0 Å². The second-order valence-electron chi connectivity index (χ2n) is 2.83. The lowest BCUT2D eigenvalue weighted by Crippen LogP contribution is -2.25. The van der Waals surface area contributed by atoms with Crippen molar-refractivity contribution in [3.8, 4) is 0 Å².